The highest BCUT2D eigenvalue weighted by Crippen LogP contribution is 1.95. The van der Waals surface area contributed by atoms with E-state index in [1.807, 2.05) is 6.92 Å². The van der Waals surface area contributed by atoms with Gasteiger partial charge in [0.1, 0.15) is 0 Å². The van der Waals surface area contributed by atoms with E-state index in [4.69, 9.17) is 4.74 Å². The summed E-state index contributed by atoms with van der Waals surface area (Å²) in [6.07, 6.45) is 4.17. The SMILES string of the molecule is CC=CN1CCOCC1. The lowest BCUT2D eigenvalue weighted by Gasteiger charge is -2.24. The van der Waals surface area contributed by atoms with E-state index in [0.29, 0.717) is 0 Å². The van der Waals surface area contributed by atoms with Crippen molar-refractivity contribution in [1.82, 2.24) is 4.90 Å². The molecule has 0 aromatic heterocycles. The second-order valence-corrected chi connectivity index (χ2v) is 2.13. The minimum Gasteiger partial charge on any atom is -0.378 e. The summed E-state index contributed by atoms with van der Waals surface area (Å²) >= 11 is 0. The fraction of sp³-hybridized carbons (Fsp3) is 0.714. The number of nitrogens with zero attached hydrogens (tertiary/aromatic N) is 1. The Morgan fingerprint density at radius 2 is 2.00 bits per heavy atom. The summed E-state index contributed by atoms with van der Waals surface area (Å²) in [6, 6.07) is 0. The molecule has 0 N–H and O–H groups in total. The fourth-order valence-corrected chi connectivity index (χ4v) is 0.937. The number of ether oxygens (including phenoxy) is 1. The molecule has 0 aromatic rings. The number of allylic oxidation sites excluding steroid dienone is 1. The first kappa shape index (κ1) is 6.62. The van der Waals surface area contributed by atoms with E-state index in [1.54, 1.807) is 0 Å². The maximum absolute atomic E-state index is 5.17. The van der Waals surface area contributed by atoms with Crippen molar-refractivity contribution in [2.45, 2.75) is 6.92 Å². The van der Waals surface area contributed by atoms with Gasteiger partial charge in [0.05, 0.1) is 13.2 Å². The Morgan fingerprint density at radius 1 is 1.33 bits per heavy atom. The van der Waals surface area contributed by atoms with Gasteiger partial charge >= 0.3 is 0 Å². The van der Waals surface area contributed by atoms with Crippen LogP contribution in [-0.2, 0) is 4.74 Å². The Morgan fingerprint density at radius 3 is 2.56 bits per heavy atom. The highest BCUT2D eigenvalue weighted by atomic mass is 16.5. The zero-order chi connectivity index (χ0) is 6.53. The zero-order valence-electron chi connectivity index (χ0n) is 5.84. The van der Waals surface area contributed by atoms with Gasteiger partial charge in [-0.3, -0.25) is 0 Å². The maximum atomic E-state index is 5.17. The summed E-state index contributed by atoms with van der Waals surface area (Å²) in [5.74, 6) is 0. The first-order valence-electron chi connectivity index (χ1n) is 3.38. The van der Waals surface area contributed by atoms with Crippen molar-refractivity contribution in [3.63, 3.8) is 0 Å². The lowest BCUT2D eigenvalue weighted by molar-refractivity contribution is 0.0593. The third-order valence-electron chi connectivity index (χ3n) is 1.41. The molecule has 2 heteroatoms. The van der Waals surface area contributed by atoms with Gasteiger partial charge < -0.3 is 9.64 Å². The van der Waals surface area contributed by atoms with Gasteiger partial charge in [-0.15, -0.1) is 0 Å². The van der Waals surface area contributed by atoms with Gasteiger partial charge in [0.15, 0.2) is 0 Å². The quantitative estimate of drug-likeness (QED) is 0.518. The number of rotatable bonds is 1. The molecule has 0 unspecified atom stereocenters. The Balaban J connectivity index is 2.23. The van der Waals surface area contributed by atoms with Crippen molar-refractivity contribution in [3.05, 3.63) is 12.3 Å². The van der Waals surface area contributed by atoms with Crippen LogP contribution in [0.5, 0.6) is 0 Å². The average Bonchev–Trinajstić information content (AvgIpc) is 1.91. The van der Waals surface area contributed by atoms with Crippen molar-refractivity contribution in [2.24, 2.45) is 0 Å². The van der Waals surface area contributed by atoms with Crippen molar-refractivity contribution < 1.29 is 4.74 Å². The van der Waals surface area contributed by atoms with Gasteiger partial charge in [0.25, 0.3) is 0 Å². The number of morpholine rings is 1. The Hall–Kier alpha value is -0.500. The van der Waals surface area contributed by atoms with E-state index in [1.165, 1.54) is 0 Å². The van der Waals surface area contributed by atoms with E-state index in [2.05, 4.69) is 17.2 Å². The molecular formula is C7H13NO. The van der Waals surface area contributed by atoms with Gasteiger partial charge in [-0.1, -0.05) is 6.08 Å². The third-order valence-corrected chi connectivity index (χ3v) is 1.41. The molecule has 1 aliphatic rings. The van der Waals surface area contributed by atoms with Crippen LogP contribution in [0.3, 0.4) is 0 Å². The zero-order valence-corrected chi connectivity index (χ0v) is 5.84. The minimum absolute atomic E-state index is 0.879. The van der Waals surface area contributed by atoms with Crippen LogP contribution in [0.2, 0.25) is 0 Å². The summed E-state index contributed by atoms with van der Waals surface area (Å²) in [5.41, 5.74) is 0. The second-order valence-electron chi connectivity index (χ2n) is 2.13. The first-order chi connectivity index (χ1) is 4.43. The van der Waals surface area contributed by atoms with Gasteiger partial charge in [-0.2, -0.15) is 0 Å². The van der Waals surface area contributed by atoms with Crippen LogP contribution in [0, 0.1) is 0 Å². The monoisotopic (exact) mass is 127 g/mol. The number of hydrogen-bond acceptors (Lipinski definition) is 2. The Labute approximate surface area is 56.1 Å². The van der Waals surface area contributed by atoms with Crippen molar-refractivity contribution in [2.75, 3.05) is 26.3 Å². The average molecular weight is 127 g/mol. The highest BCUT2D eigenvalue weighted by Gasteiger charge is 2.03. The molecule has 1 rings (SSSR count). The van der Waals surface area contributed by atoms with E-state index < -0.39 is 0 Å². The van der Waals surface area contributed by atoms with Crippen LogP contribution in [-0.4, -0.2) is 31.2 Å². The molecule has 0 aliphatic carbocycles. The largest absolute Gasteiger partial charge is 0.378 e. The van der Waals surface area contributed by atoms with E-state index >= 15 is 0 Å². The lowest BCUT2D eigenvalue weighted by atomic mass is 10.4. The number of hydrogen-bond donors (Lipinski definition) is 0. The summed E-state index contributed by atoms with van der Waals surface area (Å²) < 4.78 is 5.17. The second kappa shape index (κ2) is 3.51. The molecule has 0 atom stereocenters. The molecule has 0 saturated carbocycles. The van der Waals surface area contributed by atoms with E-state index in [9.17, 15) is 0 Å². The van der Waals surface area contributed by atoms with Crippen molar-refractivity contribution >= 4 is 0 Å². The third kappa shape index (κ3) is 2.06. The summed E-state index contributed by atoms with van der Waals surface area (Å²) in [5, 5.41) is 0. The van der Waals surface area contributed by atoms with Crippen LogP contribution in [0.15, 0.2) is 12.3 Å². The highest BCUT2D eigenvalue weighted by molar-refractivity contribution is 4.79. The standard InChI is InChI=1S/C7H13NO/c1-2-3-8-4-6-9-7-5-8/h2-3H,4-7H2,1H3. The van der Waals surface area contributed by atoms with Crippen LogP contribution in [0.1, 0.15) is 6.92 Å². The molecule has 1 heterocycles. The van der Waals surface area contributed by atoms with E-state index in [0.717, 1.165) is 26.3 Å². The maximum Gasteiger partial charge on any atom is 0.0642 e. The van der Waals surface area contributed by atoms with Crippen LogP contribution in [0.4, 0.5) is 0 Å². The molecule has 0 radical (unpaired) electrons. The summed E-state index contributed by atoms with van der Waals surface area (Å²) in [7, 11) is 0. The van der Waals surface area contributed by atoms with Gasteiger partial charge in [-0.05, 0) is 13.1 Å². The summed E-state index contributed by atoms with van der Waals surface area (Å²) in [4.78, 5) is 2.27. The molecule has 2 nitrogen and oxygen atoms in total. The predicted molar refractivity (Wildman–Crippen MR) is 37.2 cm³/mol. The van der Waals surface area contributed by atoms with Gasteiger partial charge in [-0.25, -0.2) is 0 Å². The molecule has 0 bridgehead atoms. The molecular weight excluding hydrogens is 114 g/mol. The smallest absolute Gasteiger partial charge is 0.0642 e. The summed E-state index contributed by atoms with van der Waals surface area (Å²) in [6.45, 7) is 5.89. The molecule has 0 spiro atoms. The molecule has 1 fully saturated rings. The first-order valence-corrected chi connectivity index (χ1v) is 3.38. The lowest BCUT2D eigenvalue weighted by Crippen LogP contribution is -2.31. The van der Waals surface area contributed by atoms with Crippen molar-refractivity contribution in [3.8, 4) is 0 Å². The Kier molecular flexibility index (Phi) is 2.58. The molecule has 9 heavy (non-hydrogen) atoms. The van der Waals surface area contributed by atoms with Crippen LogP contribution in [0.25, 0.3) is 0 Å². The van der Waals surface area contributed by atoms with Crippen LogP contribution < -0.4 is 0 Å². The molecule has 1 saturated heterocycles. The molecule has 52 valence electrons. The fourth-order valence-electron chi connectivity index (χ4n) is 0.937. The van der Waals surface area contributed by atoms with Gasteiger partial charge in [0.2, 0.25) is 0 Å². The van der Waals surface area contributed by atoms with E-state index in [-0.39, 0.29) is 0 Å². The Bertz CT molecular complexity index is 95.1. The predicted octanol–water partition coefficient (Wildman–Crippen LogP) is 0.852. The topological polar surface area (TPSA) is 12.5 Å². The molecule has 1 aliphatic heterocycles. The normalized spacial score (nSPS) is 21.2. The molecule has 0 amide bonds. The molecule has 0 aromatic carbocycles. The van der Waals surface area contributed by atoms with Gasteiger partial charge in [0, 0.05) is 13.1 Å². The minimum atomic E-state index is 0.879. The van der Waals surface area contributed by atoms with Crippen LogP contribution >= 0.6 is 0 Å². The van der Waals surface area contributed by atoms with Crippen molar-refractivity contribution in [1.29, 1.82) is 0 Å².